The van der Waals surface area contributed by atoms with Crippen molar-refractivity contribution in [2.45, 2.75) is 187 Å². The summed E-state index contributed by atoms with van der Waals surface area (Å²) in [6, 6.07) is 7.27. The Morgan fingerprint density at radius 2 is 1.52 bits per heavy atom. The van der Waals surface area contributed by atoms with Crippen molar-refractivity contribution in [3.63, 3.8) is 0 Å². The molecule has 0 aromatic rings. The number of hydrogen-bond donors (Lipinski definition) is 1. The van der Waals surface area contributed by atoms with Gasteiger partial charge in [-0.05, 0) is 85.0 Å². The maximum Gasteiger partial charge on any atom is 0.192 e. The minimum Gasteiger partial charge on any atom is -0.411 e. The van der Waals surface area contributed by atoms with Gasteiger partial charge in [0.15, 0.2) is 16.6 Å². The summed E-state index contributed by atoms with van der Waals surface area (Å²) >= 11 is 0. The van der Waals surface area contributed by atoms with Gasteiger partial charge in [-0.1, -0.05) is 83.1 Å². The molecule has 0 radical (unpaired) electrons. The highest BCUT2D eigenvalue weighted by atomic mass is 28.4. The van der Waals surface area contributed by atoms with Crippen LogP contribution in [0, 0.1) is 29.2 Å². The van der Waals surface area contributed by atoms with Crippen LogP contribution in [-0.4, -0.2) is 55.3 Å². The third-order valence-corrected chi connectivity index (χ3v) is 25.9. The van der Waals surface area contributed by atoms with Crippen LogP contribution in [0.2, 0.25) is 54.4 Å². The second-order valence-electron chi connectivity index (χ2n) is 15.8. The summed E-state index contributed by atoms with van der Waals surface area (Å²) in [5.74, 6) is 5.28. The average Bonchev–Trinajstić information content (AvgIpc) is 3.30. The SMILES string of the molecule is CC[Si](C#CC[C@@H](C)C[C@@H](O[Si](C)(C)C(C)(C)C)[C@H]1O[C@]2(C[C@H]1O[Si](CC)(CC)CC)NC[C@H](C)C[C@@H]2C)(CC)CC. The molecule has 0 aromatic heterocycles. The van der Waals surface area contributed by atoms with Gasteiger partial charge in [0.25, 0.3) is 0 Å². The minimum atomic E-state index is -2.06. The summed E-state index contributed by atoms with van der Waals surface area (Å²) in [6.07, 6.45) is 4.09. The van der Waals surface area contributed by atoms with E-state index >= 15 is 0 Å². The monoisotopic (exact) mass is 637 g/mol. The Balaban J connectivity index is 2.48. The maximum absolute atomic E-state index is 7.39. The van der Waals surface area contributed by atoms with Crippen LogP contribution in [0.5, 0.6) is 0 Å². The van der Waals surface area contributed by atoms with Gasteiger partial charge in [-0.2, -0.15) is 0 Å². The number of rotatable bonds is 14. The topological polar surface area (TPSA) is 39.7 Å². The molecule has 0 unspecified atom stereocenters. The average molecular weight is 638 g/mol. The first kappa shape index (κ1) is 38.2. The van der Waals surface area contributed by atoms with E-state index in [1.807, 2.05) is 0 Å². The number of ether oxygens (including phenoxy) is 1. The molecule has 2 saturated heterocycles. The second-order valence-corrected chi connectivity index (χ2v) is 30.2. The largest absolute Gasteiger partial charge is 0.411 e. The normalized spacial score (nSPS) is 28.9. The van der Waals surface area contributed by atoms with E-state index in [1.54, 1.807) is 0 Å². The molecule has 0 aliphatic carbocycles. The molecule has 2 rings (SSSR count). The molecular formula is C35H71NO3Si3. The summed E-state index contributed by atoms with van der Waals surface area (Å²) in [6.45, 7) is 34.1. The van der Waals surface area contributed by atoms with Crippen molar-refractivity contribution in [1.29, 1.82) is 0 Å². The van der Waals surface area contributed by atoms with E-state index in [4.69, 9.17) is 13.6 Å². The summed E-state index contributed by atoms with van der Waals surface area (Å²) in [7, 11) is -5.34. The molecule has 0 amide bonds. The van der Waals surface area contributed by atoms with Crippen molar-refractivity contribution < 1.29 is 13.6 Å². The molecule has 7 atom stereocenters. The molecule has 2 aliphatic rings. The molecule has 2 heterocycles. The van der Waals surface area contributed by atoms with Gasteiger partial charge >= 0.3 is 0 Å². The quantitative estimate of drug-likeness (QED) is 0.152. The molecule has 2 fully saturated rings. The first-order valence-corrected chi connectivity index (χ1v) is 25.8. The summed E-state index contributed by atoms with van der Waals surface area (Å²) in [5.41, 5.74) is 3.53. The second kappa shape index (κ2) is 15.6. The van der Waals surface area contributed by atoms with E-state index < -0.39 is 24.7 Å². The first-order chi connectivity index (χ1) is 19.5. The lowest BCUT2D eigenvalue weighted by Crippen LogP contribution is -2.57. The Morgan fingerprint density at radius 3 is 2.00 bits per heavy atom. The molecule has 0 saturated carbocycles. The Hall–Kier alpha value is 0.0506. The van der Waals surface area contributed by atoms with Gasteiger partial charge in [0.05, 0.1) is 12.2 Å². The van der Waals surface area contributed by atoms with E-state index in [0.29, 0.717) is 17.8 Å². The molecule has 7 heteroatoms. The fraction of sp³-hybridized carbons (Fsp3) is 0.943. The zero-order chi connectivity index (χ0) is 32.0. The van der Waals surface area contributed by atoms with Crippen LogP contribution in [0.4, 0.5) is 0 Å². The predicted molar refractivity (Wildman–Crippen MR) is 191 cm³/mol. The van der Waals surface area contributed by atoms with Crippen molar-refractivity contribution in [1.82, 2.24) is 5.32 Å². The first-order valence-electron chi connectivity index (χ1n) is 17.8. The highest BCUT2D eigenvalue weighted by Gasteiger charge is 2.56. The van der Waals surface area contributed by atoms with Gasteiger partial charge in [-0.3, -0.25) is 5.32 Å². The number of hydrogen-bond acceptors (Lipinski definition) is 4. The van der Waals surface area contributed by atoms with Gasteiger partial charge in [-0.25, -0.2) is 0 Å². The Morgan fingerprint density at radius 1 is 0.952 bits per heavy atom. The van der Waals surface area contributed by atoms with E-state index in [2.05, 4.69) is 113 Å². The van der Waals surface area contributed by atoms with Crippen LogP contribution in [0.15, 0.2) is 0 Å². The Bertz CT molecular complexity index is 870. The highest BCUT2D eigenvalue weighted by Crippen LogP contribution is 2.47. The maximum atomic E-state index is 7.39. The number of nitrogens with one attached hydrogen (secondary N) is 1. The van der Waals surface area contributed by atoms with E-state index in [9.17, 15) is 0 Å². The summed E-state index contributed by atoms with van der Waals surface area (Å²) < 4.78 is 22.1. The fourth-order valence-corrected chi connectivity index (χ4v) is 13.8. The van der Waals surface area contributed by atoms with Crippen molar-refractivity contribution >= 4 is 24.7 Å². The molecule has 246 valence electrons. The lowest BCUT2D eigenvalue weighted by atomic mass is 9.82. The molecular weight excluding hydrogens is 567 g/mol. The van der Waals surface area contributed by atoms with Crippen LogP contribution in [-0.2, 0) is 13.6 Å². The van der Waals surface area contributed by atoms with Crippen LogP contribution in [0.1, 0.15) is 109 Å². The van der Waals surface area contributed by atoms with Gasteiger partial charge < -0.3 is 13.6 Å². The smallest absolute Gasteiger partial charge is 0.192 e. The minimum absolute atomic E-state index is 0.0169. The number of piperidine rings is 1. The predicted octanol–water partition coefficient (Wildman–Crippen LogP) is 9.99. The fourth-order valence-electron chi connectivity index (χ4n) is 7.07. The van der Waals surface area contributed by atoms with E-state index in [0.717, 1.165) is 43.9 Å². The Labute approximate surface area is 265 Å². The molecule has 1 spiro atoms. The molecule has 0 aromatic carbocycles. The Kier molecular flexibility index (Phi) is 14.2. The molecule has 1 N–H and O–H groups in total. The molecule has 2 aliphatic heterocycles. The van der Waals surface area contributed by atoms with Crippen molar-refractivity contribution in [2.24, 2.45) is 17.8 Å². The lowest BCUT2D eigenvalue weighted by Gasteiger charge is -2.44. The van der Waals surface area contributed by atoms with Gasteiger partial charge in [0.1, 0.15) is 19.9 Å². The molecule has 0 bridgehead atoms. The van der Waals surface area contributed by atoms with Crippen molar-refractivity contribution in [3.05, 3.63) is 0 Å². The van der Waals surface area contributed by atoms with E-state index in [-0.39, 0.29) is 29.1 Å². The van der Waals surface area contributed by atoms with Crippen molar-refractivity contribution in [2.75, 3.05) is 6.54 Å². The molecule has 42 heavy (non-hydrogen) atoms. The van der Waals surface area contributed by atoms with Gasteiger partial charge in [0.2, 0.25) is 0 Å². The van der Waals surface area contributed by atoms with Crippen LogP contribution in [0.25, 0.3) is 0 Å². The summed E-state index contributed by atoms with van der Waals surface area (Å²) in [5, 5.41) is 4.05. The van der Waals surface area contributed by atoms with Gasteiger partial charge in [-0.15, -0.1) is 11.5 Å². The van der Waals surface area contributed by atoms with Crippen LogP contribution < -0.4 is 5.32 Å². The third-order valence-electron chi connectivity index (χ3n) is 11.9. The third kappa shape index (κ3) is 9.07. The summed E-state index contributed by atoms with van der Waals surface area (Å²) in [4.78, 5) is 0. The lowest BCUT2D eigenvalue weighted by molar-refractivity contribution is -0.149. The zero-order valence-corrected chi connectivity index (χ0v) is 33.5. The van der Waals surface area contributed by atoms with E-state index in [1.165, 1.54) is 24.6 Å². The standard InChI is InChI=1S/C35H71NO3Si3/c1-15-41(16-2,17-3)23-21-22-28(7)25-31(38-40(13,14)34(10,11)12)33-32(39-42(18-4,19-5)20-6)26-35(37-33)30(9)24-29(8)27-36-35/h28-33,36H,15-20,22,24-27H2,1-14H3/t28-,29-,30+,31-,32-,33-,35+/m1/s1. The molecule has 4 nitrogen and oxygen atoms in total. The zero-order valence-electron chi connectivity index (χ0n) is 30.5. The van der Waals surface area contributed by atoms with Crippen LogP contribution >= 0.6 is 0 Å². The van der Waals surface area contributed by atoms with Crippen molar-refractivity contribution in [3.8, 4) is 11.5 Å². The van der Waals surface area contributed by atoms with Gasteiger partial charge in [0, 0.05) is 19.4 Å². The highest BCUT2D eigenvalue weighted by molar-refractivity contribution is 6.87. The van der Waals surface area contributed by atoms with Crippen LogP contribution in [0.3, 0.4) is 0 Å².